The van der Waals surface area contributed by atoms with Crippen LogP contribution in [0.1, 0.15) is 17.0 Å². The lowest BCUT2D eigenvalue weighted by atomic mass is 10.2. The van der Waals surface area contributed by atoms with Crippen molar-refractivity contribution in [2.24, 2.45) is 0 Å². The van der Waals surface area contributed by atoms with E-state index in [1.54, 1.807) is 24.3 Å². The van der Waals surface area contributed by atoms with E-state index in [0.29, 0.717) is 23.7 Å². The van der Waals surface area contributed by atoms with Gasteiger partial charge in [0.05, 0.1) is 5.75 Å². The highest BCUT2D eigenvalue weighted by molar-refractivity contribution is 7.88. The Morgan fingerprint density at radius 2 is 1.71 bits per heavy atom. The second-order valence-corrected chi connectivity index (χ2v) is 7.23. The van der Waals surface area contributed by atoms with Crippen LogP contribution in [-0.4, -0.2) is 19.5 Å². The van der Waals surface area contributed by atoms with Crippen molar-refractivity contribution in [3.05, 3.63) is 58.4 Å². The van der Waals surface area contributed by atoms with Gasteiger partial charge in [0.2, 0.25) is 10.0 Å². The van der Waals surface area contributed by atoms with Crippen LogP contribution in [0.25, 0.3) is 0 Å². The first-order valence-electron chi connectivity index (χ1n) is 6.72. The number of nitrogens with one attached hydrogen (secondary N) is 1. The zero-order chi connectivity index (χ0) is 15.5. The molecule has 21 heavy (non-hydrogen) atoms. The van der Waals surface area contributed by atoms with Crippen LogP contribution in [0.3, 0.4) is 0 Å². The van der Waals surface area contributed by atoms with Gasteiger partial charge >= 0.3 is 0 Å². The number of benzene rings is 1. The monoisotopic (exact) mass is 326 g/mol. The summed E-state index contributed by atoms with van der Waals surface area (Å²) in [7, 11) is -3.38. The van der Waals surface area contributed by atoms with Crippen LogP contribution in [0.5, 0.6) is 0 Å². The first-order chi connectivity index (χ1) is 9.89. The second-order valence-electron chi connectivity index (χ2n) is 5.01. The Hall–Kier alpha value is -1.30. The van der Waals surface area contributed by atoms with Gasteiger partial charge in [-0.1, -0.05) is 29.8 Å². The molecular formula is C15H19ClN2O2S. The molecule has 1 aromatic carbocycles. The highest BCUT2D eigenvalue weighted by Crippen LogP contribution is 2.17. The Bertz CT molecular complexity index is 704. The summed E-state index contributed by atoms with van der Waals surface area (Å²) in [4.78, 5) is 0. The molecule has 0 radical (unpaired) electrons. The number of halogens is 1. The average Bonchev–Trinajstić information content (AvgIpc) is 2.73. The molecule has 114 valence electrons. The molecule has 6 heteroatoms. The molecule has 0 atom stereocenters. The summed E-state index contributed by atoms with van der Waals surface area (Å²) in [6.07, 6.45) is 0. The lowest BCUT2D eigenvalue weighted by molar-refractivity contribution is 0.569. The molecule has 0 aliphatic heterocycles. The zero-order valence-electron chi connectivity index (χ0n) is 12.1. The maximum Gasteiger partial charge on any atom is 0.215 e. The summed E-state index contributed by atoms with van der Waals surface area (Å²) < 4.78 is 28.8. The predicted molar refractivity (Wildman–Crippen MR) is 86.0 cm³/mol. The molecule has 0 bridgehead atoms. The van der Waals surface area contributed by atoms with Gasteiger partial charge in [0, 0.05) is 29.5 Å². The fraction of sp³-hybridized carbons (Fsp3) is 0.333. The van der Waals surface area contributed by atoms with Crippen molar-refractivity contribution >= 4 is 21.6 Å². The molecule has 0 saturated carbocycles. The first kappa shape index (κ1) is 16.1. The van der Waals surface area contributed by atoms with Crippen LogP contribution in [0.4, 0.5) is 0 Å². The molecule has 0 amide bonds. The van der Waals surface area contributed by atoms with Crippen LogP contribution in [0, 0.1) is 13.8 Å². The molecule has 2 aromatic rings. The van der Waals surface area contributed by atoms with Gasteiger partial charge in [-0.15, -0.1) is 0 Å². The SMILES string of the molecule is Cc1ccc(C)n1CCNS(=O)(=O)Cc1ccccc1Cl. The largest absolute Gasteiger partial charge is 0.348 e. The van der Waals surface area contributed by atoms with Gasteiger partial charge in [-0.2, -0.15) is 0 Å². The Morgan fingerprint density at radius 3 is 2.33 bits per heavy atom. The van der Waals surface area contributed by atoms with Gasteiger partial charge in [0.15, 0.2) is 0 Å². The van der Waals surface area contributed by atoms with E-state index in [2.05, 4.69) is 9.29 Å². The van der Waals surface area contributed by atoms with Crippen LogP contribution < -0.4 is 4.72 Å². The van der Waals surface area contributed by atoms with Gasteiger partial charge < -0.3 is 4.57 Å². The standard InChI is InChI=1S/C15H19ClN2O2S/c1-12-7-8-13(2)18(12)10-9-17-21(19,20)11-14-5-3-4-6-15(14)16/h3-8,17H,9-11H2,1-2H3. The average molecular weight is 327 g/mol. The number of hydrogen-bond donors (Lipinski definition) is 1. The van der Waals surface area contributed by atoms with Crippen LogP contribution in [0.2, 0.25) is 5.02 Å². The van der Waals surface area contributed by atoms with Gasteiger partial charge in [-0.3, -0.25) is 0 Å². The molecule has 4 nitrogen and oxygen atoms in total. The molecule has 0 aliphatic rings. The number of sulfonamides is 1. The van der Waals surface area contributed by atoms with E-state index < -0.39 is 10.0 Å². The molecule has 1 N–H and O–H groups in total. The fourth-order valence-corrected chi connectivity index (χ4v) is 3.68. The number of hydrogen-bond acceptors (Lipinski definition) is 2. The third-order valence-electron chi connectivity index (χ3n) is 3.38. The lowest BCUT2D eigenvalue weighted by Crippen LogP contribution is -2.29. The van der Waals surface area contributed by atoms with E-state index >= 15 is 0 Å². The Kier molecular flexibility index (Phi) is 5.08. The summed E-state index contributed by atoms with van der Waals surface area (Å²) in [6.45, 7) is 4.99. The molecule has 1 aromatic heterocycles. The minimum Gasteiger partial charge on any atom is -0.348 e. The van der Waals surface area contributed by atoms with E-state index in [-0.39, 0.29) is 5.75 Å². The Morgan fingerprint density at radius 1 is 1.10 bits per heavy atom. The van der Waals surface area contributed by atoms with E-state index in [9.17, 15) is 8.42 Å². The fourth-order valence-electron chi connectivity index (χ4n) is 2.24. The van der Waals surface area contributed by atoms with Crippen molar-refractivity contribution in [1.82, 2.24) is 9.29 Å². The summed E-state index contributed by atoms with van der Waals surface area (Å²) in [5.41, 5.74) is 2.86. The van der Waals surface area contributed by atoms with Gasteiger partial charge in [0.1, 0.15) is 0 Å². The zero-order valence-corrected chi connectivity index (χ0v) is 13.7. The van der Waals surface area contributed by atoms with Gasteiger partial charge in [0.25, 0.3) is 0 Å². The number of aromatic nitrogens is 1. The number of rotatable bonds is 6. The van der Waals surface area contributed by atoms with Crippen molar-refractivity contribution in [3.63, 3.8) is 0 Å². The predicted octanol–water partition coefficient (Wildman–Crippen LogP) is 2.88. The highest BCUT2D eigenvalue weighted by Gasteiger charge is 2.13. The minimum absolute atomic E-state index is 0.101. The van der Waals surface area contributed by atoms with Crippen molar-refractivity contribution in [1.29, 1.82) is 0 Å². The van der Waals surface area contributed by atoms with E-state index in [0.717, 1.165) is 11.4 Å². The van der Waals surface area contributed by atoms with Crippen molar-refractivity contribution in [2.75, 3.05) is 6.54 Å². The normalized spacial score (nSPS) is 11.8. The maximum atomic E-state index is 12.1. The first-order valence-corrected chi connectivity index (χ1v) is 8.75. The third-order valence-corrected chi connectivity index (χ3v) is 5.08. The maximum absolute atomic E-state index is 12.1. The third kappa shape index (κ3) is 4.33. The summed E-state index contributed by atoms with van der Waals surface area (Å²) in [5.74, 6) is -0.101. The van der Waals surface area contributed by atoms with E-state index in [4.69, 9.17) is 11.6 Å². The van der Waals surface area contributed by atoms with Crippen LogP contribution in [0.15, 0.2) is 36.4 Å². The smallest absolute Gasteiger partial charge is 0.215 e. The van der Waals surface area contributed by atoms with Crippen molar-refractivity contribution in [2.45, 2.75) is 26.1 Å². The molecule has 0 spiro atoms. The lowest BCUT2D eigenvalue weighted by Gasteiger charge is -2.11. The highest BCUT2D eigenvalue weighted by atomic mass is 35.5. The summed E-state index contributed by atoms with van der Waals surface area (Å²) in [6, 6.07) is 11.0. The topological polar surface area (TPSA) is 51.1 Å². The Balaban J connectivity index is 1.95. The van der Waals surface area contributed by atoms with Crippen molar-refractivity contribution < 1.29 is 8.42 Å². The molecule has 0 fully saturated rings. The quantitative estimate of drug-likeness (QED) is 0.887. The molecule has 0 unspecified atom stereocenters. The van der Waals surface area contributed by atoms with Crippen LogP contribution in [-0.2, 0) is 22.3 Å². The molecule has 0 aliphatic carbocycles. The molecule has 0 saturated heterocycles. The van der Waals surface area contributed by atoms with Gasteiger partial charge in [-0.05, 0) is 37.6 Å². The van der Waals surface area contributed by atoms with E-state index in [1.807, 2.05) is 26.0 Å². The summed E-state index contributed by atoms with van der Waals surface area (Å²) >= 11 is 5.99. The van der Waals surface area contributed by atoms with Crippen LogP contribution >= 0.6 is 11.6 Å². The van der Waals surface area contributed by atoms with Crippen molar-refractivity contribution in [3.8, 4) is 0 Å². The summed E-state index contributed by atoms with van der Waals surface area (Å²) in [5, 5.41) is 0.472. The van der Waals surface area contributed by atoms with Gasteiger partial charge in [-0.25, -0.2) is 13.1 Å². The molecule has 2 rings (SSSR count). The number of nitrogens with zero attached hydrogens (tertiary/aromatic N) is 1. The minimum atomic E-state index is -3.38. The molecule has 1 heterocycles. The Labute approximate surface area is 130 Å². The number of aryl methyl sites for hydroxylation is 2. The second kappa shape index (κ2) is 6.64. The molecular weight excluding hydrogens is 308 g/mol. The van der Waals surface area contributed by atoms with E-state index in [1.165, 1.54) is 0 Å².